The first-order chi connectivity index (χ1) is 17.3. The number of sulfonamides is 1. The zero-order chi connectivity index (χ0) is 25.9. The molecule has 9 heteroatoms. The van der Waals surface area contributed by atoms with Crippen molar-refractivity contribution < 1.29 is 22.9 Å². The molecule has 0 spiro atoms. The zero-order valence-electron chi connectivity index (χ0n) is 19.5. The predicted molar refractivity (Wildman–Crippen MR) is 135 cm³/mol. The molecule has 1 aliphatic rings. The van der Waals surface area contributed by atoms with Crippen molar-refractivity contribution in [3.63, 3.8) is 0 Å². The Hall–Kier alpha value is -4.24. The number of benzene rings is 3. The molecule has 36 heavy (non-hydrogen) atoms. The minimum atomic E-state index is -4.54. The largest absolute Gasteiger partial charge is 0.463 e. The molecule has 0 saturated carbocycles. The summed E-state index contributed by atoms with van der Waals surface area (Å²) < 4.78 is 34.7. The van der Waals surface area contributed by atoms with Gasteiger partial charge in [-0.05, 0) is 30.2 Å². The molecule has 0 N–H and O–H groups in total. The number of para-hydroxylation sites is 1. The van der Waals surface area contributed by atoms with Crippen molar-refractivity contribution in [3.8, 4) is 0 Å². The van der Waals surface area contributed by atoms with Gasteiger partial charge in [0.25, 0.3) is 15.7 Å². The Bertz CT molecular complexity index is 1440. The number of rotatable bonds is 8. The lowest BCUT2D eigenvalue weighted by Crippen LogP contribution is -2.41. The van der Waals surface area contributed by atoms with E-state index in [2.05, 4.69) is 6.58 Å². The summed E-state index contributed by atoms with van der Waals surface area (Å²) in [5, 5.41) is 11.7. The van der Waals surface area contributed by atoms with Crippen LogP contribution < -0.4 is 0 Å². The first-order valence-corrected chi connectivity index (χ1v) is 12.7. The number of esters is 1. The van der Waals surface area contributed by atoms with E-state index >= 15 is 0 Å². The van der Waals surface area contributed by atoms with E-state index in [0.29, 0.717) is 5.56 Å². The van der Waals surface area contributed by atoms with Gasteiger partial charge >= 0.3 is 5.97 Å². The Morgan fingerprint density at radius 3 is 2.19 bits per heavy atom. The van der Waals surface area contributed by atoms with Gasteiger partial charge in [-0.25, -0.2) is 13.2 Å². The third kappa shape index (κ3) is 4.52. The first-order valence-electron chi connectivity index (χ1n) is 11.2. The molecule has 1 heterocycles. The lowest BCUT2D eigenvalue weighted by atomic mass is 9.89. The molecule has 3 aromatic carbocycles. The third-order valence-corrected chi connectivity index (χ3v) is 7.76. The molecular formula is C27H24N2O6S. The molecule has 0 saturated heterocycles. The fraction of sp³-hybridized carbons (Fsp3) is 0.148. The van der Waals surface area contributed by atoms with E-state index < -0.39 is 43.5 Å². The van der Waals surface area contributed by atoms with E-state index in [0.717, 1.165) is 15.9 Å². The summed E-state index contributed by atoms with van der Waals surface area (Å²) in [5.41, 5.74) is 0.975. The van der Waals surface area contributed by atoms with E-state index in [1.807, 2.05) is 30.3 Å². The summed E-state index contributed by atoms with van der Waals surface area (Å²) in [6.45, 7) is 5.65. The number of hydrogen-bond acceptors (Lipinski definition) is 6. The number of hydrogen-bond donors (Lipinski definition) is 0. The van der Waals surface area contributed by atoms with Crippen LogP contribution in [0.15, 0.2) is 108 Å². The Morgan fingerprint density at radius 2 is 1.58 bits per heavy atom. The van der Waals surface area contributed by atoms with E-state index in [-0.39, 0.29) is 17.9 Å². The van der Waals surface area contributed by atoms with Crippen molar-refractivity contribution >= 4 is 27.4 Å². The molecule has 1 aliphatic heterocycles. The number of nitro groups is 1. The molecule has 0 bridgehead atoms. The van der Waals surface area contributed by atoms with Gasteiger partial charge in [0.05, 0.1) is 28.8 Å². The minimum absolute atomic E-state index is 0.0740. The van der Waals surface area contributed by atoms with Crippen LogP contribution in [0, 0.1) is 10.1 Å². The fourth-order valence-corrected chi connectivity index (χ4v) is 6.18. The van der Waals surface area contributed by atoms with Gasteiger partial charge in [0.1, 0.15) is 0 Å². The van der Waals surface area contributed by atoms with Crippen LogP contribution in [0.4, 0.5) is 5.69 Å². The number of ether oxygens (including phenoxy) is 1. The number of nitro benzene ring substituents is 1. The molecule has 0 amide bonds. The molecule has 0 aliphatic carbocycles. The van der Waals surface area contributed by atoms with Gasteiger partial charge in [0, 0.05) is 12.0 Å². The molecule has 3 aromatic rings. The Labute approximate surface area is 209 Å². The van der Waals surface area contributed by atoms with Crippen LogP contribution in [0.1, 0.15) is 24.0 Å². The molecule has 184 valence electrons. The SMILES string of the molecule is C=C(C(=O)OCC)[C@H]1[C@H](c2ccccc2)C=C(c2ccccc2)N1S(=O)(=O)c1ccccc1[N+](=O)[O-]. The normalized spacial score (nSPS) is 17.4. The zero-order valence-corrected chi connectivity index (χ0v) is 20.3. The van der Waals surface area contributed by atoms with Gasteiger partial charge in [0.2, 0.25) is 0 Å². The second-order valence-corrected chi connectivity index (χ2v) is 9.85. The molecule has 0 unspecified atom stereocenters. The van der Waals surface area contributed by atoms with Crippen LogP contribution in [0.5, 0.6) is 0 Å². The highest BCUT2D eigenvalue weighted by atomic mass is 32.2. The average Bonchev–Trinajstić information content (AvgIpc) is 3.31. The second-order valence-electron chi connectivity index (χ2n) is 8.07. The van der Waals surface area contributed by atoms with Gasteiger partial charge < -0.3 is 4.74 Å². The summed E-state index contributed by atoms with van der Waals surface area (Å²) in [5.74, 6) is -1.34. The van der Waals surface area contributed by atoms with Crippen LogP contribution in [-0.2, 0) is 19.6 Å². The van der Waals surface area contributed by atoms with Gasteiger partial charge in [-0.3, -0.25) is 14.4 Å². The smallest absolute Gasteiger partial charge is 0.335 e. The monoisotopic (exact) mass is 504 g/mol. The van der Waals surface area contributed by atoms with Gasteiger partial charge in [-0.1, -0.05) is 79.4 Å². The van der Waals surface area contributed by atoms with Crippen molar-refractivity contribution in [3.05, 3.63) is 124 Å². The van der Waals surface area contributed by atoms with E-state index in [1.54, 1.807) is 43.3 Å². The number of carbonyl (C=O) groups excluding carboxylic acids is 1. The minimum Gasteiger partial charge on any atom is -0.463 e. The standard InChI is InChI=1S/C27H24N2O6S/c1-3-35-27(30)19(2)26-22(20-12-6-4-7-13-20)18-24(21-14-8-5-9-15-21)28(26)36(33,34)25-17-11-10-16-23(25)29(31)32/h4-18,22,26H,2-3H2,1H3/t22-,26-/m0/s1. The first kappa shape index (κ1) is 24.9. The Morgan fingerprint density at radius 1 is 1.00 bits per heavy atom. The van der Waals surface area contributed by atoms with Crippen molar-refractivity contribution in [2.45, 2.75) is 23.8 Å². The van der Waals surface area contributed by atoms with E-state index in [4.69, 9.17) is 4.74 Å². The highest BCUT2D eigenvalue weighted by molar-refractivity contribution is 7.89. The van der Waals surface area contributed by atoms with Crippen LogP contribution in [-0.4, -0.2) is 36.3 Å². The topological polar surface area (TPSA) is 107 Å². The third-order valence-electron chi connectivity index (χ3n) is 5.92. The predicted octanol–water partition coefficient (Wildman–Crippen LogP) is 4.91. The van der Waals surface area contributed by atoms with Gasteiger partial charge in [-0.15, -0.1) is 0 Å². The maximum absolute atomic E-state index is 14.2. The van der Waals surface area contributed by atoms with Crippen molar-refractivity contribution in [1.82, 2.24) is 4.31 Å². The Balaban J connectivity index is 1.99. The van der Waals surface area contributed by atoms with Crippen molar-refractivity contribution in [2.75, 3.05) is 6.61 Å². The molecule has 4 rings (SSSR count). The molecular weight excluding hydrogens is 480 g/mol. The summed E-state index contributed by atoms with van der Waals surface area (Å²) in [7, 11) is -4.54. The molecule has 2 atom stereocenters. The summed E-state index contributed by atoms with van der Waals surface area (Å²) in [6.07, 6.45) is 1.76. The quantitative estimate of drug-likeness (QED) is 0.187. The molecule has 0 radical (unpaired) electrons. The second kappa shape index (κ2) is 10.2. The van der Waals surface area contributed by atoms with Crippen molar-refractivity contribution in [1.29, 1.82) is 0 Å². The summed E-state index contributed by atoms with van der Waals surface area (Å²) >= 11 is 0. The molecule has 8 nitrogen and oxygen atoms in total. The van der Waals surface area contributed by atoms with Crippen LogP contribution in [0.3, 0.4) is 0 Å². The van der Waals surface area contributed by atoms with E-state index in [9.17, 15) is 23.3 Å². The number of nitrogens with zero attached hydrogens (tertiary/aromatic N) is 2. The number of carbonyl (C=O) groups is 1. The highest BCUT2D eigenvalue weighted by Gasteiger charge is 2.47. The van der Waals surface area contributed by atoms with Crippen LogP contribution in [0.2, 0.25) is 0 Å². The molecule has 0 aromatic heterocycles. The highest BCUT2D eigenvalue weighted by Crippen LogP contribution is 2.46. The fourth-order valence-electron chi connectivity index (χ4n) is 4.33. The lowest BCUT2D eigenvalue weighted by molar-refractivity contribution is -0.387. The van der Waals surface area contributed by atoms with Crippen LogP contribution >= 0.6 is 0 Å². The maximum Gasteiger partial charge on any atom is 0.335 e. The van der Waals surface area contributed by atoms with Crippen LogP contribution in [0.25, 0.3) is 5.70 Å². The van der Waals surface area contributed by atoms with Gasteiger partial charge in [-0.2, -0.15) is 0 Å². The lowest BCUT2D eigenvalue weighted by Gasteiger charge is -2.32. The van der Waals surface area contributed by atoms with Crippen molar-refractivity contribution in [2.24, 2.45) is 0 Å². The molecule has 0 fully saturated rings. The maximum atomic E-state index is 14.2. The summed E-state index contributed by atoms with van der Waals surface area (Å²) in [4.78, 5) is 23.4. The summed E-state index contributed by atoms with van der Waals surface area (Å²) in [6, 6.07) is 22.0. The Kier molecular flexibility index (Phi) is 7.03. The van der Waals surface area contributed by atoms with E-state index in [1.165, 1.54) is 18.2 Å². The average molecular weight is 505 g/mol. The van der Waals surface area contributed by atoms with Gasteiger partial charge in [0.15, 0.2) is 4.90 Å².